The molecule has 1 aromatic heterocycles. The summed E-state index contributed by atoms with van der Waals surface area (Å²) < 4.78 is 23.7. The lowest BCUT2D eigenvalue weighted by Crippen LogP contribution is -2.13. The number of fused-ring (bicyclic) bond motifs is 3. The van der Waals surface area contributed by atoms with E-state index in [1.165, 1.54) is 11.6 Å². The molecule has 0 amide bonds. The van der Waals surface area contributed by atoms with Crippen LogP contribution in [-0.4, -0.2) is 18.6 Å². The van der Waals surface area contributed by atoms with E-state index in [-0.39, 0.29) is 4.90 Å². The number of hydrogen-bond acceptors (Lipinski definition) is 3. The Bertz CT molecular complexity index is 1010. The smallest absolute Gasteiger partial charge is 0.238 e. The van der Waals surface area contributed by atoms with E-state index >= 15 is 0 Å². The van der Waals surface area contributed by atoms with Crippen molar-refractivity contribution in [3.8, 4) is 22.5 Å². The van der Waals surface area contributed by atoms with Crippen molar-refractivity contribution >= 4 is 10.0 Å². The Labute approximate surface area is 134 Å². The van der Waals surface area contributed by atoms with Gasteiger partial charge in [-0.25, -0.2) is 13.6 Å². The van der Waals surface area contributed by atoms with Crippen LogP contribution in [0.15, 0.2) is 53.4 Å². The first-order valence-corrected chi connectivity index (χ1v) is 8.88. The second kappa shape index (κ2) is 5.04. The molecule has 0 bridgehead atoms. The second-order valence-electron chi connectivity index (χ2n) is 5.62. The van der Waals surface area contributed by atoms with Crippen LogP contribution >= 0.6 is 0 Å². The van der Waals surface area contributed by atoms with E-state index in [9.17, 15) is 8.42 Å². The molecule has 1 heterocycles. The van der Waals surface area contributed by atoms with Crippen molar-refractivity contribution < 1.29 is 8.42 Å². The van der Waals surface area contributed by atoms with Gasteiger partial charge in [0.2, 0.25) is 10.0 Å². The Kier molecular flexibility index (Phi) is 3.11. The lowest BCUT2D eigenvalue weighted by molar-refractivity contribution is 0.598. The van der Waals surface area contributed by atoms with E-state index in [4.69, 9.17) is 5.14 Å². The first-order chi connectivity index (χ1) is 11.1. The molecule has 1 aliphatic carbocycles. The van der Waals surface area contributed by atoms with Gasteiger partial charge in [0.25, 0.3) is 0 Å². The molecule has 0 radical (unpaired) electrons. The molecule has 0 aliphatic heterocycles. The Morgan fingerprint density at radius 2 is 1.65 bits per heavy atom. The highest BCUT2D eigenvalue weighted by Gasteiger charge is 2.25. The molecule has 1 aliphatic rings. The monoisotopic (exact) mass is 325 g/mol. The lowest BCUT2D eigenvalue weighted by Gasteiger charge is -2.16. The molecule has 5 nitrogen and oxygen atoms in total. The minimum Gasteiger partial charge on any atom is -0.277 e. The summed E-state index contributed by atoms with van der Waals surface area (Å²) in [6.45, 7) is 0. The molecule has 4 rings (SSSR count). The number of aryl methyl sites for hydroxylation is 1. The summed E-state index contributed by atoms with van der Waals surface area (Å²) in [7, 11) is -3.80. The molecule has 6 heteroatoms. The van der Waals surface area contributed by atoms with Gasteiger partial charge in [-0.15, -0.1) is 0 Å². The number of hydrogen-bond donors (Lipinski definition) is 2. The van der Waals surface area contributed by atoms with Gasteiger partial charge in [0, 0.05) is 16.7 Å². The van der Waals surface area contributed by atoms with Gasteiger partial charge < -0.3 is 0 Å². The van der Waals surface area contributed by atoms with Crippen molar-refractivity contribution in [2.75, 3.05) is 0 Å². The quantitative estimate of drug-likeness (QED) is 0.758. The Morgan fingerprint density at radius 3 is 2.43 bits per heavy atom. The van der Waals surface area contributed by atoms with Crippen LogP contribution in [0.2, 0.25) is 0 Å². The van der Waals surface area contributed by atoms with Crippen LogP contribution in [0.1, 0.15) is 11.1 Å². The third kappa shape index (κ3) is 2.27. The number of sulfonamides is 1. The number of nitrogens with zero attached hydrogens (tertiary/aromatic N) is 1. The molecule has 0 unspecified atom stereocenters. The highest BCUT2D eigenvalue weighted by atomic mass is 32.2. The lowest BCUT2D eigenvalue weighted by atomic mass is 9.88. The number of aromatic amines is 1. The minimum atomic E-state index is -3.80. The molecule has 0 saturated carbocycles. The summed E-state index contributed by atoms with van der Waals surface area (Å²) >= 11 is 0. The summed E-state index contributed by atoms with van der Waals surface area (Å²) in [4.78, 5) is 0.105. The van der Waals surface area contributed by atoms with Crippen LogP contribution in [0.5, 0.6) is 0 Å². The third-order valence-corrected chi connectivity index (χ3v) is 5.22. The van der Waals surface area contributed by atoms with Crippen molar-refractivity contribution in [2.24, 2.45) is 5.14 Å². The molecule has 0 saturated heterocycles. The summed E-state index contributed by atoms with van der Waals surface area (Å²) in [5.74, 6) is 0. The first-order valence-electron chi connectivity index (χ1n) is 7.33. The van der Waals surface area contributed by atoms with Crippen molar-refractivity contribution in [1.82, 2.24) is 10.2 Å². The minimum absolute atomic E-state index is 0.105. The number of rotatable bonds is 2. The van der Waals surface area contributed by atoms with Crippen LogP contribution in [0, 0.1) is 0 Å². The number of nitrogens with two attached hydrogens (primary N) is 1. The summed E-state index contributed by atoms with van der Waals surface area (Å²) in [5, 5.41) is 12.8. The molecular weight excluding hydrogens is 310 g/mol. The molecular formula is C17H15N3O2S. The number of H-pyrrole nitrogens is 1. The van der Waals surface area contributed by atoms with Crippen LogP contribution in [0.3, 0.4) is 0 Å². The maximum atomic E-state index is 11.9. The fraction of sp³-hybridized carbons (Fsp3) is 0.118. The van der Waals surface area contributed by atoms with E-state index in [1.54, 1.807) is 18.2 Å². The fourth-order valence-electron chi connectivity index (χ4n) is 3.21. The van der Waals surface area contributed by atoms with Gasteiger partial charge in [0.15, 0.2) is 0 Å². The standard InChI is InChI=1S/C17H15N3O2S/c18-23(21,22)15-8-4-3-7-13(15)17-14-10-9-11-5-1-2-6-12(11)16(14)19-20-17/h1-8H,9-10H2,(H,19,20)(H2,18,21,22). The van der Waals surface area contributed by atoms with E-state index in [1.807, 2.05) is 12.1 Å². The van der Waals surface area contributed by atoms with Crippen molar-refractivity contribution in [1.29, 1.82) is 0 Å². The van der Waals surface area contributed by atoms with Crippen molar-refractivity contribution in [3.05, 3.63) is 59.7 Å². The van der Waals surface area contributed by atoms with Crippen LogP contribution in [-0.2, 0) is 22.9 Å². The van der Waals surface area contributed by atoms with Crippen LogP contribution in [0.25, 0.3) is 22.5 Å². The van der Waals surface area contributed by atoms with E-state index < -0.39 is 10.0 Å². The van der Waals surface area contributed by atoms with Crippen molar-refractivity contribution in [2.45, 2.75) is 17.7 Å². The molecule has 2 aromatic carbocycles. The van der Waals surface area contributed by atoms with E-state index in [2.05, 4.69) is 22.3 Å². The van der Waals surface area contributed by atoms with Gasteiger partial charge in [-0.2, -0.15) is 5.10 Å². The molecule has 3 N–H and O–H groups in total. The third-order valence-electron chi connectivity index (χ3n) is 4.25. The predicted octanol–water partition coefficient (Wildman–Crippen LogP) is 2.49. The highest BCUT2D eigenvalue weighted by Crippen LogP contribution is 2.38. The van der Waals surface area contributed by atoms with Crippen LogP contribution < -0.4 is 5.14 Å². The van der Waals surface area contributed by atoms with Crippen LogP contribution in [0.4, 0.5) is 0 Å². The topological polar surface area (TPSA) is 88.8 Å². The zero-order valence-electron chi connectivity index (χ0n) is 12.3. The Balaban J connectivity index is 1.94. The van der Waals surface area contributed by atoms with Gasteiger partial charge in [-0.1, -0.05) is 42.5 Å². The SMILES string of the molecule is NS(=O)(=O)c1ccccc1-c1n[nH]c2c1CCc1ccccc1-2. The van der Waals surface area contributed by atoms with Gasteiger partial charge in [-0.3, -0.25) is 5.10 Å². The number of aromatic nitrogens is 2. The molecule has 0 spiro atoms. The zero-order chi connectivity index (χ0) is 16.0. The number of nitrogens with one attached hydrogen (secondary N) is 1. The summed E-state index contributed by atoms with van der Waals surface area (Å²) in [6, 6.07) is 14.9. The molecule has 0 atom stereocenters. The number of primary sulfonamides is 1. The Hall–Kier alpha value is -2.44. The predicted molar refractivity (Wildman–Crippen MR) is 88.2 cm³/mol. The average Bonchev–Trinajstić information content (AvgIpc) is 2.98. The normalized spacial score (nSPS) is 13.4. The summed E-state index contributed by atoms with van der Waals surface area (Å²) in [5.41, 5.74) is 5.62. The summed E-state index contributed by atoms with van der Waals surface area (Å²) in [6.07, 6.45) is 1.73. The van der Waals surface area contributed by atoms with E-state index in [0.717, 1.165) is 29.7 Å². The molecule has 0 fully saturated rings. The van der Waals surface area contributed by atoms with Gasteiger partial charge in [-0.05, 0) is 24.5 Å². The Morgan fingerprint density at radius 1 is 0.957 bits per heavy atom. The molecule has 116 valence electrons. The van der Waals surface area contributed by atoms with Gasteiger partial charge in [0.1, 0.15) is 0 Å². The van der Waals surface area contributed by atoms with Gasteiger partial charge >= 0.3 is 0 Å². The first kappa shape index (κ1) is 14.2. The zero-order valence-corrected chi connectivity index (χ0v) is 13.1. The highest BCUT2D eigenvalue weighted by molar-refractivity contribution is 7.89. The second-order valence-corrected chi connectivity index (χ2v) is 7.15. The maximum absolute atomic E-state index is 11.9. The molecule has 3 aromatic rings. The number of benzene rings is 2. The largest absolute Gasteiger partial charge is 0.277 e. The fourth-order valence-corrected chi connectivity index (χ4v) is 3.95. The molecule has 23 heavy (non-hydrogen) atoms. The maximum Gasteiger partial charge on any atom is 0.238 e. The van der Waals surface area contributed by atoms with Crippen molar-refractivity contribution in [3.63, 3.8) is 0 Å². The average molecular weight is 325 g/mol. The van der Waals surface area contributed by atoms with Gasteiger partial charge in [0.05, 0.1) is 16.3 Å². The van der Waals surface area contributed by atoms with E-state index in [0.29, 0.717) is 11.3 Å².